The van der Waals surface area contributed by atoms with Crippen LogP contribution in [-0.4, -0.2) is 59.0 Å². The van der Waals surface area contributed by atoms with Gasteiger partial charge < -0.3 is 20.8 Å². The summed E-state index contributed by atoms with van der Waals surface area (Å²) in [5.74, 6) is -0.0305. The molecule has 0 amide bonds. The number of phenols is 2. The number of benzene rings is 2. The van der Waals surface area contributed by atoms with Crippen LogP contribution < -0.4 is 5.73 Å². The van der Waals surface area contributed by atoms with Crippen molar-refractivity contribution in [1.82, 2.24) is 9.80 Å². The molecule has 0 bridgehead atoms. The van der Waals surface area contributed by atoms with Crippen molar-refractivity contribution in [2.75, 3.05) is 33.2 Å². The largest absolute Gasteiger partial charge is 0.508 e. The number of hydrogen-bond acceptors (Lipinski definition) is 6. The van der Waals surface area contributed by atoms with Crippen molar-refractivity contribution in [1.29, 1.82) is 5.41 Å². The zero-order valence-electron chi connectivity index (χ0n) is 18.9. The van der Waals surface area contributed by atoms with E-state index in [-0.39, 0.29) is 23.1 Å². The summed E-state index contributed by atoms with van der Waals surface area (Å²) in [5, 5.41) is 29.3. The molecule has 1 heterocycles. The molecule has 0 unspecified atom stereocenters. The summed E-state index contributed by atoms with van der Waals surface area (Å²) in [4.78, 5) is 4.79. The summed E-state index contributed by atoms with van der Waals surface area (Å²) in [5.41, 5.74) is 10.5. The molecule has 2 aromatic carbocycles. The third kappa shape index (κ3) is 5.27. The van der Waals surface area contributed by atoms with E-state index in [4.69, 9.17) is 11.1 Å². The van der Waals surface area contributed by atoms with Gasteiger partial charge in [-0.3, -0.25) is 10.3 Å². The van der Waals surface area contributed by atoms with E-state index in [0.29, 0.717) is 22.4 Å². The lowest BCUT2D eigenvalue weighted by atomic mass is 9.90. The van der Waals surface area contributed by atoms with E-state index in [9.17, 15) is 10.2 Å². The molecule has 0 aliphatic carbocycles. The minimum atomic E-state index is -0.127. The molecule has 1 aliphatic heterocycles. The number of nitrogens with one attached hydrogen (secondary N) is 1. The highest BCUT2D eigenvalue weighted by molar-refractivity contribution is 6.31. The fourth-order valence-corrected chi connectivity index (χ4v) is 4.00. The number of rotatable bonds is 6. The van der Waals surface area contributed by atoms with Gasteiger partial charge in [0, 0.05) is 55.6 Å². The molecular formula is C25H34N4O2. The summed E-state index contributed by atoms with van der Waals surface area (Å²) >= 11 is 0. The second kappa shape index (κ2) is 9.54. The molecule has 1 saturated heterocycles. The van der Waals surface area contributed by atoms with Crippen molar-refractivity contribution in [3.63, 3.8) is 0 Å². The van der Waals surface area contributed by atoms with Gasteiger partial charge in [-0.05, 0) is 42.6 Å². The van der Waals surface area contributed by atoms with Crippen LogP contribution >= 0.6 is 0 Å². The van der Waals surface area contributed by atoms with E-state index in [1.807, 2.05) is 26.0 Å². The normalized spacial score (nSPS) is 16.4. The van der Waals surface area contributed by atoms with Gasteiger partial charge in [-0.2, -0.15) is 0 Å². The molecule has 0 spiro atoms. The molecule has 0 aromatic heterocycles. The maximum absolute atomic E-state index is 10.4. The van der Waals surface area contributed by atoms with Crippen LogP contribution in [0.25, 0.3) is 5.57 Å². The molecule has 1 aliphatic rings. The lowest BCUT2D eigenvalue weighted by Gasteiger charge is -2.32. The first-order valence-electron chi connectivity index (χ1n) is 10.8. The van der Waals surface area contributed by atoms with Crippen molar-refractivity contribution < 1.29 is 10.2 Å². The van der Waals surface area contributed by atoms with Gasteiger partial charge in [-0.1, -0.05) is 38.1 Å². The van der Waals surface area contributed by atoms with Crippen LogP contribution in [0.5, 0.6) is 11.5 Å². The first-order valence-corrected chi connectivity index (χ1v) is 10.8. The molecule has 5 N–H and O–H groups in total. The molecule has 0 atom stereocenters. The average molecular weight is 423 g/mol. The Morgan fingerprint density at radius 3 is 2.19 bits per heavy atom. The molecule has 2 aromatic rings. The van der Waals surface area contributed by atoms with Crippen LogP contribution in [0.1, 0.15) is 48.9 Å². The molecule has 31 heavy (non-hydrogen) atoms. The lowest BCUT2D eigenvalue weighted by Crippen LogP contribution is -2.43. The summed E-state index contributed by atoms with van der Waals surface area (Å²) in [7, 11) is 2.15. The third-order valence-corrected chi connectivity index (χ3v) is 5.93. The third-order valence-electron chi connectivity index (χ3n) is 5.93. The number of nitrogens with zero attached hydrogens (tertiary/aromatic N) is 2. The summed E-state index contributed by atoms with van der Waals surface area (Å²) in [6.45, 7) is 10.9. The van der Waals surface area contributed by atoms with Crippen LogP contribution in [-0.2, 0) is 6.54 Å². The Balaban J connectivity index is 1.85. The van der Waals surface area contributed by atoms with E-state index >= 15 is 0 Å². The van der Waals surface area contributed by atoms with Gasteiger partial charge in [-0.15, -0.1) is 0 Å². The van der Waals surface area contributed by atoms with Gasteiger partial charge in [0.1, 0.15) is 11.5 Å². The fourth-order valence-electron chi connectivity index (χ4n) is 4.00. The Morgan fingerprint density at radius 2 is 1.65 bits per heavy atom. The zero-order chi connectivity index (χ0) is 22.7. The van der Waals surface area contributed by atoms with Gasteiger partial charge in [0.2, 0.25) is 0 Å². The Kier molecular flexibility index (Phi) is 7.03. The topological polar surface area (TPSA) is 96.8 Å². The van der Waals surface area contributed by atoms with Gasteiger partial charge in [0.15, 0.2) is 0 Å². The SMILES string of the molecule is C/C(N)=C(/C(=N)c1cc(C(C)C)c(O)cc1O)c1ccc(CN2CCN(C)CC2)cc1. The Bertz CT molecular complexity index is 968. The van der Waals surface area contributed by atoms with Gasteiger partial charge >= 0.3 is 0 Å². The summed E-state index contributed by atoms with van der Waals surface area (Å²) in [6.07, 6.45) is 0. The van der Waals surface area contributed by atoms with Gasteiger partial charge in [0.05, 0.1) is 5.71 Å². The summed E-state index contributed by atoms with van der Waals surface area (Å²) in [6, 6.07) is 11.1. The van der Waals surface area contributed by atoms with Crippen molar-refractivity contribution >= 4 is 11.3 Å². The van der Waals surface area contributed by atoms with Crippen LogP contribution in [0.2, 0.25) is 0 Å². The van der Waals surface area contributed by atoms with Gasteiger partial charge in [0.25, 0.3) is 0 Å². The number of aromatic hydroxyl groups is 2. The smallest absolute Gasteiger partial charge is 0.128 e. The number of likely N-dealkylation sites (N-methyl/N-ethyl adjacent to an activating group) is 1. The van der Waals surface area contributed by atoms with Crippen LogP contribution in [0.15, 0.2) is 42.1 Å². The van der Waals surface area contributed by atoms with Crippen molar-refractivity contribution in [3.8, 4) is 11.5 Å². The molecule has 6 heteroatoms. The highest BCUT2D eigenvalue weighted by atomic mass is 16.3. The van der Waals surface area contributed by atoms with E-state index in [0.717, 1.165) is 38.3 Å². The summed E-state index contributed by atoms with van der Waals surface area (Å²) < 4.78 is 0. The maximum atomic E-state index is 10.4. The molecular weight excluding hydrogens is 388 g/mol. The molecule has 3 rings (SSSR count). The first-order chi connectivity index (χ1) is 14.7. The molecule has 166 valence electrons. The maximum Gasteiger partial charge on any atom is 0.128 e. The van der Waals surface area contributed by atoms with Crippen molar-refractivity contribution in [2.45, 2.75) is 33.2 Å². The number of nitrogens with two attached hydrogens (primary N) is 1. The fraction of sp³-hybridized carbons (Fsp3) is 0.400. The predicted molar refractivity (Wildman–Crippen MR) is 127 cm³/mol. The van der Waals surface area contributed by atoms with Crippen LogP contribution in [0.4, 0.5) is 0 Å². The van der Waals surface area contributed by atoms with E-state index < -0.39 is 0 Å². The standard InChI is InChI=1S/C25H34N4O2/c1-16(2)20-13-21(23(31)14-22(20)30)25(27)24(17(3)26)19-7-5-18(6-8-19)15-29-11-9-28(4)10-12-29/h5-8,13-14,16,27,30-31H,9-12,15,26H2,1-4H3/b24-17-,27-25?. The Hall–Kier alpha value is -2.83. The first kappa shape index (κ1) is 22.8. The number of allylic oxidation sites excluding steroid dienone is 2. The van der Waals surface area contributed by atoms with E-state index in [1.54, 1.807) is 13.0 Å². The molecule has 1 fully saturated rings. The Morgan fingerprint density at radius 1 is 1.03 bits per heavy atom. The van der Waals surface area contributed by atoms with E-state index in [1.165, 1.54) is 11.6 Å². The minimum Gasteiger partial charge on any atom is -0.508 e. The van der Waals surface area contributed by atoms with Gasteiger partial charge in [-0.25, -0.2) is 0 Å². The Labute approximate surface area is 185 Å². The predicted octanol–water partition coefficient (Wildman–Crippen LogP) is 3.73. The second-order valence-corrected chi connectivity index (χ2v) is 8.79. The van der Waals surface area contributed by atoms with Crippen molar-refractivity contribution in [2.24, 2.45) is 5.73 Å². The zero-order valence-corrected chi connectivity index (χ0v) is 18.9. The number of phenolic OH excluding ortho intramolecular Hbond substituents is 2. The second-order valence-electron chi connectivity index (χ2n) is 8.79. The van der Waals surface area contributed by atoms with Crippen LogP contribution in [0.3, 0.4) is 0 Å². The van der Waals surface area contributed by atoms with E-state index in [2.05, 4.69) is 29.0 Å². The number of hydrogen-bond donors (Lipinski definition) is 4. The quantitative estimate of drug-likeness (QED) is 0.532. The highest BCUT2D eigenvalue weighted by Gasteiger charge is 2.20. The monoisotopic (exact) mass is 422 g/mol. The molecule has 0 saturated carbocycles. The minimum absolute atomic E-state index is 0.0345. The molecule has 0 radical (unpaired) electrons. The lowest BCUT2D eigenvalue weighted by molar-refractivity contribution is 0.148. The number of piperazine rings is 1. The van der Waals surface area contributed by atoms with Crippen molar-refractivity contribution in [3.05, 3.63) is 64.3 Å². The van der Waals surface area contributed by atoms with Crippen LogP contribution in [0, 0.1) is 5.41 Å². The molecule has 6 nitrogen and oxygen atoms in total. The highest BCUT2D eigenvalue weighted by Crippen LogP contribution is 2.35. The average Bonchev–Trinajstić information content (AvgIpc) is 2.70.